The highest BCUT2D eigenvalue weighted by atomic mass is 35.5. The van der Waals surface area contributed by atoms with E-state index < -0.39 is 17.7 Å². The van der Waals surface area contributed by atoms with Crippen LogP contribution in [0, 0.1) is 0 Å². The van der Waals surface area contributed by atoms with E-state index in [-0.39, 0.29) is 17.1 Å². The quantitative estimate of drug-likeness (QED) is 0.398. The number of hydrogen-bond acceptors (Lipinski definition) is 5. The van der Waals surface area contributed by atoms with Crippen molar-refractivity contribution in [1.82, 2.24) is 9.80 Å². The summed E-state index contributed by atoms with van der Waals surface area (Å²) in [7, 11) is 0. The molecule has 0 radical (unpaired) electrons. The van der Waals surface area contributed by atoms with E-state index in [0.29, 0.717) is 29.2 Å². The van der Waals surface area contributed by atoms with Crippen molar-refractivity contribution in [3.8, 4) is 5.75 Å². The van der Waals surface area contributed by atoms with Gasteiger partial charge in [-0.05, 0) is 55.1 Å². The molecule has 1 aliphatic rings. The number of carbonyl (C=O) groups excluding carboxylic acids is 2. The molecule has 1 saturated heterocycles. The Kier molecular flexibility index (Phi) is 6.80. The molecule has 1 atom stereocenters. The predicted octanol–water partition coefficient (Wildman–Crippen LogP) is 3.81. The molecule has 1 fully saturated rings. The predicted molar refractivity (Wildman–Crippen MR) is 116 cm³/mol. The number of carbonyl (C=O) groups is 2. The number of benzene rings is 2. The molecule has 158 valence electrons. The molecule has 0 bridgehead atoms. The zero-order valence-electron chi connectivity index (χ0n) is 17.0. The smallest absolute Gasteiger partial charge is 0.295 e. The van der Waals surface area contributed by atoms with Crippen LogP contribution >= 0.6 is 11.6 Å². The van der Waals surface area contributed by atoms with Crippen LogP contribution in [-0.4, -0.2) is 57.9 Å². The van der Waals surface area contributed by atoms with Gasteiger partial charge in [0.05, 0.1) is 11.6 Å². The van der Waals surface area contributed by atoms with Crippen LogP contribution in [0.4, 0.5) is 0 Å². The lowest BCUT2D eigenvalue weighted by atomic mass is 9.95. The number of halogens is 1. The van der Waals surface area contributed by atoms with Crippen LogP contribution in [0.15, 0.2) is 54.1 Å². The maximum absolute atomic E-state index is 12.9. The third kappa shape index (κ3) is 4.35. The average Bonchev–Trinajstić information content (AvgIpc) is 3.00. The topological polar surface area (TPSA) is 81.1 Å². The van der Waals surface area contributed by atoms with Crippen LogP contribution in [0.2, 0.25) is 5.02 Å². The number of amides is 1. The summed E-state index contributed by atoms with van der Waals surface area (Å²) in [4.78, 5) is 29.5. The highest BCUT2D eigenvalue weighted by Gasteiger charge is 2.45. The number of phenols is 1. The van der Waals surface area contributed by atoms with E-state index in [0.717, 1.165) is 13.1 Å². The molecule has 1 amide bonds. The Morgan fingerprint density at radius 3 is 2.20 bits per heavy atom. The largest absolute Gasteiger partial charge is 0.508 e. The van der Waals surface area contributed by atoms with E-state index in [1.807, 2.05) is 13.8 Å². The fourth-order valence-electron chi connectivity index (χ4n) is 3.67. The molecule has 0 saturated carbocycles. The summed E-state index contributed by atoms with van der Waals surface area (Å²) in [6, 6.07) is 12.0. The summed E-state index contributed by atoms with van der Waals surface area (Å²) in [6.45, 7) is 6.68. The SMILES string of the molecule is CCN(CC)CCN1C(=O)C(=O)/C(=C(\O)c2ccc(Cl)cc2)C1c1ccc(O)cc1. The van der Waals surface area contributed by atoms with Crippen molar-refractivity contribution in [2.75, 3.05) is 26.2 Å². The summed E-state index contributed by atoms with van der Waals surface area (Å²) in [6.07, 6.45) is 0. The van der Waals surface area contributed by atoms with Gasteiger partial charge in [0.15, 0.2) is 0 Å². The summed E-state index contributed by atoms with van der Waals surface area (Å²) < 4.78 is 0. The third-order valence-electron chi connectivity index (χ3n) is 5.42. The van der Waals surface area contributed by atoms with Gasteiger partial charge in [0.25, 0.3) is 11.7 Å². The number of phenolic OH excluding ortho intramolecular Hbond substituents is 1. The average molecular weight is 429 g/mol. The second-order valence-electron chi connectivity index (χ2n) is 7.12. The molecule has 1 aliphatic heterocycles. The highest BCUT2D eigenvalue weighted by molar-refractivity contribution is 6.46. The van der Waals surface area contributed by atoms with Crippen molar-refractivity contribution in [1.29, 1.82) is 0 Å². The van der Waals surface area contributed by atoms with Crippen molar-refractivity contribution in [3.63, 3.8) is 0 Å². The standard InChI is InChI=1S/C23H25ClN2O4/c1-3-25(4-2)13-14-26-20(15-7-11-18(27)12-8-15)19(22(29)23(26)30)21(28)16-5-9-17(24)10-6-16/h5-12,20,27-28H,3-4,13-14H2,1-2H3/b21-19-. The van der Waals surface area contributed by atoms with Gasteiger partial charge in [0.2, 0.25) is 0 Å². The van der Waals surface area contributed by atoms with Gasteiger partial charge in [-0.15, -0.1) is 0 Å². The number of aliphatic hydroxyl groups excluding tert-OH is 1. The molecule has 2 N–H and O–H groups in total. The minimum absolute atomic E-state index is 0.0348. The van der Waals surface area contributed by atoms with Crippen LogP contribution in [0.5, 0.6) is 5.75 Å². The van der Waals surface area contributed by atoms with Crippen LogP contribution in [0.1, 0.15) is 31.0 Å². The lowest BCUT2D eigenvalue weighted by Crippen LogP contribution is -2.38. The summed E-state index contributed by atoms with van der Waals surface area (Å²) in [5, 5.41) is 21.1. The molecule has 2 aromatic rings. The third-order valence-corrected chi connectivity index (χ3v) is 5.67. The molecule has 1 unspecified atom stereocenters. The lowest BCUT2D eigenvalue weighted by molar-refractivity contribution is -0.140. The Morgan fingerprint density at radius 2 is 1.63 bits per heavy atom. The number of aromatic hydroxyl groups is 1. The molecule has 2 aromatic carbocycles. The number of likely N-dealkylation sites (tertiary alicyclic amines) is 1. The van der Waals surface area contributed by atoms with Crippen LogP contribution < -0.4 is 0 Å². The first-order valence-corrected chi connectivity index (χ1v) is 10.3. The van der Waals surface area contributed by atoms with Gasteiger partial charge in [-0.25, -0.2) is 0 Å². The van der Waals surface area contributed by atoms with Crippen LogP contribution in [-0.2, 0) is 9.59 Å². The molecule has 7 heteroatoms. The Labute approximate surface area is 181 Å². The van der Waals surface area contributed by atoms with Gasteiger partial charge in [-0.2, -0.15) is 0 Å². The lowest BCUT2D eigenvalue weighted by Gasteiger charge is -2.28. The van der Waals surface area contributed by atoms with Gasteiger partial charge < -0.3 is 20.0 Å². The first-order chi connectivity index (χ1) is 14.4. The number of rotatable bonds is 7. The monoisotopic (exact) mass is 428 g/mol. The van der Waals surface area contributed by atoms with Crippen molar-refractivity contribution < 1.29 is 19.8 Å². The number of aliphatic hydroxyl groups is 1. The first kappa shape index (κ1) is 21.9. The molecule has 3 rings (SSSR count). The molecule has 6 nitrogen and oxygen atoms in total. The summed E-state index contributed by atoms with van der Waals surface area (Å²) in [5.74, 6) is -1.53. The van der Waals surface area contributed by atoms with E-state index in [4.69, 9.17) is 11.6 Å². The Bertz CT molecular complexity index is 950. The Balaban J connectivity index is 2.08. The Hall–Kier alpha value is -2.83. The number of ketones is 1. The first-order valence-electron chi connectivity index (χ1n) is 9.93. The second-order valence-corrected chi connectivity index (χ2v) is 7.55. The van der Waals surface area contributed by atoms with Crippen molar-refractivity contribution in [3.05, 3.63) is 70.3 Å². The minimum Gasteiger partial charge on any atom is -0.508 e. The molecule has 0 aliphatic carbocycles. The minimum atomic E-state index is -0.739. The number of likely N-dealkylation sites (N-methyl/N-ethyl adjacent to an activating group) is 1. The molecule has 0 aromatic heterocycles. The maximum atomic E-state index is 12.9. The fourth-order valence-corrected chi connectivity index (χ4v) is 3.79. The van der Waals surface area contributed by atoms with Gasteiger partial charge in [0.1, 0.15) is 11.5 Å². The van der Waals surface area contributed by atoms with Gasteiger partial charge in [-0.1, -0.05) is 37.6 Å². The molecular weight excluding hydrogens is 404 g/mol. The van der Waals surface area contributed by atoms with Gasteiger partial charge >= 0.3 is 0 Å². The van der Waals surface area contributed by atoms with E-state index in [9.17, 15) is 19.8 Å². The van der Waals surface area contributed by atoms with Gasteiger partial charge in [0, 0.05) is 23.7 Å². The van der Waals surface area contributed by atoms with Crippen molar-refractivity contribution in [2.24, 2.45) is 0 Å². The second kappa shape index (κ2) is 9.32. The van der Waals surface area contributed by atoms with E-state index >= 15 is 0 Å². The maximum Gasteiger partial charge on any atom is 0.295 e. The fraction of sp³-hybridized carbons (Fsp3) is 0.304. The van der Waals surface area contributed by atoms with Crippen molar-refractivity contribution >= 4 is 29.1 Å². The molecule has 0 spiro atoms. The number of hydrogen-bond donors (Lipinski definition) is 2. The Morgan fingerprint density at radius 1 is 1.03 bits per heavy atom. The zero-order valence-corrected chi connectivity index (χ0v) is 17.8. The van der Waals surface area contributed by atoms with Crippen molar-refractivity contribution in [2.45, 2.75) is 19.9 Å². The molecule has 30 heavy (non-hydrogen) atoms. The van der Waals surface area contributed by atoms with E-state index in [1.165, 1.54) is 17.0 Å². The van der Waals surface area contributed by atoms with E-state index in [2.05, 4.69) is 4.90 Å². The van der Waals surface area contributed by atoms with E-state index in [1.54, 1.807) is 36.4 Å². The number of Topliss-reactive ketones (excluding diaryl/α,β-unsaturated/α-hetero) is 1. The van der Waals surface area contributed by atoms with Crippen LogP contribution in [0.3, 0.4) is 0 Å². The molecule has 1 heterocycles. The number of nitrogens with zero attached hydrogens (tertiary/aromatic N) is 2. The van der Waals surface area contributed by atoms with Gasteiger partial charge in [-0.3, -0.25) is 9.59 Å². The zero-order chi connectivity index (χ0) is 21.8. The molecular formula is C23H25ClN2O4. The highest BCUT2D eigenvalue weighted by Crippen LogP contribution is 2.39. The summed E-state index contributed by atoms with van der Waals surface area (Å²) in [5.41, 5.74) is 1.08. The summed E-state index contributed by atoms with van der Waals surface area (Å²) >= 11 is 5.93. The normalized spacial score (nSPS) is 18.4. The van der Waals surface area contributed by atoms with Crippen LogP contribution in [0.25, 0.3) is 5.76 Å².